The molecule has 0 fully saturated rings. The van der Waals surface area contributed by atoms with Gasteiger partial charge >= 0.3 is 12.3 Å². The van der Waals surface area contributed by atoms with Gasteiger partial charge in [0.15, 0.2) is 0 Å². The number of hydrogen-bond acceptors (Lipinski definition) is 3. The second-order valence-corrected chi connectivity index (χ2v) is 5.83. The Balaban J connectivity index is 2.79. The molecule has 0 aliphatic heterocycles. The van der Waals surface area contributed by atoms with Crippen molar-refractivity contribution in [3.8, 4) is 0 Å². The topological polar surface area (TPSA) is 58.2 Å². The lowest BCUT2D eigenvalue weighted by atomic mass is 10.2. The van der Waals surface area contributed by atoms with Crippen LogP contribution in [0.15, 0.2) is 29.2 Å². The lowest BCUT2D eigenvalue weighted by molar-refractivity contribution is -0.122. The van der Waals surface area contributed by atoms with Gasteiger partial charge in [0.25, 0.3) is 0 Å². The first-order valence-corrected chi connectivity index (χ1v) is 7.06. The van der Waals surface area contributed by atoms with Crippen LogP contribution < -0.4 is 10.0 Å². The van der Waals surface area contributed by atoms with E-state index >= 15 is 0 Å². The minimum absolute atomic E-state index is 0.262. The summed E-state index contributed by atoms with van der Waals surface area (Å²) in [4.78, 5) is -0.262. The number of alkyl halides is 4. The van der Waals surface area contributed by atoms with Crippen molar-refractivity contribution < 1.29 is 26.0 Å². The fourth-order valence-corrected chi connectivity index (χ4v) is 2.39. The van der Waals surface area contributed by atoms with Crippen LogP contribution >= 0.6 is 0 Å². The van der Waals surface area contributed by atoms with Crippen molar-refractivity contribution in [2.75, 3.05) is 13.6 Å². The molecule has 20 heavy (non-hydrogen) atoms. The summed E-state index contributed by atoms with van der Waals surface area (Å²) >= 11 is 0. The maximum absolute atomic E-state index is 12.7. The molecule has 1 aromatic rings. The van der Waals surface area contributed by atoms with Gasteiger partial charge in [-0.3, -0.25) is 0 Å². The third kappa shape index (κ3) is 4.43. The molecule has 0 aliphatic carbocycles. The summed E-state index contributed by atoms with van der Waals surface area (Å²) in [5.41, 5.74) is 0.796. The molecule has 0 atom stereocenters. The molecule has 0 bridgehead atoms. The minimum atomic E-state index is -4.40. The second-order valence-electron chi connectivity index (χ2n) is 4.06. The van der Waals surface area contributed by atoms with E-state index in [0.717, 1.165) is 5.56 Å². The summed E-state index contributed by atoms with van der Waals surface area (Å²) in [7, 11) is -2.54. The Hall–Kier alpha value is -1.19. The summed E-state index contributed by atoms with van der Waals surface area (Å²) in [6.07, 6.45) is -3.93. The predicted octanol–water partition coefficient (Wildman–Crippen LogP) is 1.58. The van der Waals surface area contributed by atoms with Crippen LogP contribution in [0.4, 0.5) is 17.6 Å². The second kappa shape index (κ2) is 6.51. The van der Waals surface area contributed by atoms with E-state index in [0.29, 0.717) is 6.54 Å². The van der Waals surface area contributed by atoms with E-state index in [1.807, 2.05) is 0 Å². The van der Waals surface area contributed by atoms with Gasteiger partial charge in [-0.1, -0.05) is 12.1 Å². The van der Waals surface area contributed by atoms with E-state index in [2.05, 4.69) is 5.32 Å². The smallest absolute Gasteiger partial charge is 0.316 e. The van der Waals surface area contributed by atoms with Crippen LogP contribution in [0.1, 0.15) is 5.56 Å². The fraction of sp³-hybridized carbons (Fsp3) is 0.455. The molecule has 0 aromatic heterocycles. The SMILES string of the molecule is CNCc1ccc(S(=O)(=O)NCC(F)(F)C(F)F)cc1. The minimum Gasteiger partial charge on any atom is -0.316 e. The number of halogens is 4. The fourth-order valence-electron chi connectivity index (χ4n) is 1.34. The van der Waals surface area contributed by atoms with E-state index in [9.17, 15) is 26.0 Å². The number of nitrogens with one attached hydrogen (secondary N) is 2. The Morgan fingerprint density at radius 3 is 2.20 bits per heavy atom. The molecule has 0 radical (unpaired) electrons. The standard InChI is InChI=1S/C11H14F4N2O2S/c1-16-6-8-2-4-9(5-3-8)20(18,19)17-7-11(14,15)10(12)13/h2-5,10,16-17H,6-7H2,1H3. The Kier molecular flexibility index (Phi) is 5.49. The van der Waals surface area contributed by atoms with Crippen molar-refractivity contribution >= 4 is 10.0 Å². The van der Waals surface area contributed by atoms with Gasteiger partial charge in [0.1, 0.15) is 0 Å². The van der Waals surface area contributed by atoms with Crippen molar-refractivity contribution in [2.24, 2.45) is 0 Å². The molecule has 0 aliphatic rings. The normalized spacial score (nSPS) is 12.9. The molecule has 0 saturated carbocycles. The monoisotopic (exact) mass is 314 g/mol. The lowest BCUT2D eigenvalue weighted by Gasteiger charge is -2.16. The van der Waals surface area contributed by atoms with Gasteiger partial charge in [-0.05, 0) is 24.7 Å². The van der Waals surface area contributed by atoms with Gasteiger partial charge in [0, 0.05) is 6.54 Å². The van der Waals surface area contributed by atoms with Crippen molar-refractivity contribution in [1.29, 1.82) is 0 Å². The third-order valence-electron chi connectivity index (χ3n) is 2.43. The molecule has 2 N–H and O–H groups in total. The molecule has 1 aromatic carbocycles. The molecule has 0 amide bonds. The van der Waals surface area contributed by atoms with Crippen LogP contribution in [0.25, 0.3) is 0 Å². The number of rotatable bonds is 7. The van der Waals surface area contributed by atoms with Crippen molar-refractivity contribution in [1.82, 2.24) is 10.0 Å². The highest BCUT2D eigenvalue weighted by Crippen LogP contribution is 2.22. The summed E-state index contributed by atoms with van der Waals surface area (Å²) in [5, 5.41) is 2.85. The van der Waals surface area contributed by atoms with E-state index in [1.165, 1.54) is 29.0 Å². The van der Waals surface area contributed by atoms with Crippen molar-refractivity contribution in [3.63, 3.8) is 0 Å². The molecular weight excluding hydrogens is 300 g/mol. The highest BCUT2D eigenvalue weighted by molar-refractivity contribution is 7.89. The average molecular weight is 314 g/mol. The van der Waals surface area contributed by atoms with Crippen LogP contribution in [0.2, 0.25) is 0 Å². The Morgan fingerprint density at radius 2 is 1.75 bits per heavy atom. The first-order valence-electron chi connectivity index (χ1n) is 5.58. The Labute approximate surface area is 114 Å². The van der Waals surface area contributed by atoms with Crippen molar-refractivity contribution in [3.05, 3.63) is 29.8 Å². The van der Waals surface area contributed by atoms with Crippen LogP contribution in [0.3, 0.4) is 0 Å². The van der Waals surface area contributed by atoms with E-state index in [1.54, 1.807) is 7.05 Å². The highest BCUT2D eigenvalue weighted by atomic mass is 32.2. The highest BCUT2D eigenvalue weighted by Gasteiger charge is 2.41. The molecule has 0 heterocycles. The summed E-state index contributed by atoms with van der Waals surface area (Å²) in [6, 6.07) is 5.43. The third-order valence-corrected chi connectivity index (χ3v) is 3.85. The lowest BCUT2D eigenvalue weighted by Crippen LogP contribution is -2.41. The molecule has 114 valence electrons. The maximum atomic E-state index is 12.7. The van der Waals surface area contributed by atoms with Crippen LogP contribution in [0.5, 0.6) is 0 Å². The Morgan fingerprint density at radius 1 is 1.20 bits per heavy atom. The molecule has 1 rings (SSSR count). The average Bonchev–Trinajstić information content (AvgIpc) is 2.38. The van der Waals surface area contributed by atoms with E-state index in [4.69, 9.17) is 0 Å². The van der Waals surface area contributed by atoms with Gasteiger partial charge < -0.3 is 5.32 Å². The van der Waals surface area contributed by atoms with Gasteiger partial charge in [0.05, 0.1) is 11.4 Å². The van der Waals surface area contributed by atoms with Gasteiger partial charge in [-0.25, -0.2) is 21.9 Å². The molecule has 0 saturated heterocycles. The van der Waals surface area contributed by atoms with Crippen LogP contribution in [-0.2, 0) is 16.6 Å². The molecule has 0 spiro atoms. The number of hydrogen-bond donors (Lipinski definition) is 2. The zero-order chi connectivity index (χ0) is 15.4. The first kappa shape index (κ1) is 16.9. The Bertz CT molecular complexity index is 532. The van der Waals surface area contributed by atoms with Gasteiger partial charge in [0.2, 0.25) is 10.0 Å². The van der Waals surface area contributed by atoms with Gasteiger partial charge in [-0.2, -0.15) is 8.78 Å². The zero-order valence-corrected chi connectivity index (χ0v) is 11.4. The first-order chi connectivity index (χ1) is 9.19. The maximum Gasteiger partial charge on any atom is 0.320 e. The summed E-state index contributed by atoms with van der Waals surface area (Å²) in [5.74, 6) is -4.40. The number of sulfonamides is 1. The zero-order valence-electron chi connectivity index (χ0n) is 10.5. The van der Waals surface area contributed by atoms with Crippen LogP contribution in [0, 0.1) is 0 Å². The number of benzene rings is 1. The largest absolute Gasteiger partial charge is 0.320 e. The predicted molar refractivity (Wildman–Crippen MR) is 65.3 cm³/mol. The quantitative estimate of drug-likeness (QED) is 0.751. The van der Waals surface area contributed by atoms with E-state index in [-0.39, 0.29) is 4.90 Å². The summed E-state index contributed by atoms with van der Waals surface area (Å²) < 4.78 is 74.0. The van der Waals surface area contributed by atoms with Gasteiger partial charge in [-0.15, -0.1) is 0 Å². The van der Waals surface area contributed by atoms with Crippen LogP contribution in [-0.4, -0.2) is 34.4 Å². The van der Waals surface area contributed by atoms with E-state index < -0.39 is 28.9 Å². The summed E-state index contributed by atoms with van der Waals surface area (Å²) in [6.45, 7) is -1.14. The molecular formula is C11H14F4N2O2S. The molecule has 9 heteroatoms. The molecule has 4 nitrogen and oxygen atoms in total. The van der Waals surface area contributed by atoms with Crippen molar-refractivity contribution in [2.45, 2.75) is 23.8 Å². The molecule has 0 unspecified atom stereocenters.